The second-order valence-corrected chi connectivity index (χ2v) is 7.55. The van der Waals surface area contributed by atoms with E-state index in [1.165, 1.54) is 10.7 Å². The van der Waals surface area contributed by atoms with Crippen molar-refractivity contribution < 1.29 is 9.59 Å². The number of nitrogens with zero attached hydrogens (tertiary/aromatic N) is 6. The number of aromatic nitrogens is 6. The summed E-state index contributed by atoms with van der Waals surface area (Å²) in [6, 6.07) is 0.873. The molecule has 10 nitrogen and oxygen atoms in total. The standard InChI is InChI=1S/C18H22Cl2N8O2/c1-6-12(18(30)22-16-14(20)10(3)27(5)25-16)28-8-7-11(23-28)17(29)21-15-13(19)9(2)26(4)24-15/h7-8,12H,6H2,1-5H3,(H,21,24,29)(H,22,25,30)/t12-/m0/s1. The zero-order chi connectivity index (χ0) is 22.2. The van der Waals surface area contributed by atoms with Gasteiger partial charge in [0.05, 0.1) is 11.4 Å². The van der Waals surface area contributed by atoms with Gasteiger partial charge in [0.15, 0.2) is 17.3 Å². The second kappa shape index (κ2) is 8.49. The first-order valence-electron chi connectivity index (χ1n) is 9.19. The van der Waals surface area contributed by atoms with E-state index >= 15 is 0 Å². The van der Waals surface area contributed by atoms with E-state index in [-0.39, 0.29) is 23.2 Å². The average Bonchev–Trinajstić information content (AvgIpc) is 3.34. The Kier molecular flexibility index (Phi) is 6.18. The number of rotatable bonds is 6. The largest absolute Gasteiger partial charge is 0.306 e. The maximum absolute atomic E-state index is 12.8. The molecule has 0 saturated carbocycles. The fourth-order valence-corrected chi connectivity index (χ4v) is 3.24. The van der Waals surface area contributed by atoms with Crippen molar-refractivity contribution in [3.63, 3.8) is 0 Å². The van der Waals surface area contributed by atoms with E-state index < -0.39 is 11.9 Å². The molecule has 0 bridgehead atoms. The monoisotopic (exact) mass is 452 g/mol. The van der Waals surface area contributed by atoms with Gasteiger partial charge in [-0.05, 0) is 26.3 Å². The number of halogens is 2. The average molecular weight is 453 g/mol. The maximum Gasteiger partial charge on any atom is 0.277 e. The third kappa shape index (κ3) is 4.05. The lowest BCUT2D eigenvalue weighted by Gasteiger charge is -2.14. The highest BCUT2D eigenvalue weighted by Crippen LogP contribution is 2.26. The van der Waals surface area contributed by atoms with Crippen LogP contribution in [-0.4, -0.2) is 41.2 Å². The van der Waals surface area contributed by atoms with E-state index in [1.54, 1.807) is 43.5 Å². The van der Waals surface area contributed by atoms with Crippen LogP contribution in [0, 0.1) is 13.8 Å². The lowest BCUT2D eigenvalue weighted by atomic mass is 10.2. The van der Waals surface area contributed by atoms with Gasteiger partial charge in [0.2, 0.25) is 5.91 Å². The summed E-state index contributed by atoms with van der Waals surface area (Å²) in [7, 11) is 3.47. The molecular weight excluding hydrogens is 431 g/mol. The van der Waals surface area contributed by atoms with Gasteiger partial charge in [0.25, 0.3) is 5.91 Å². The minimum Gasteiger partial charge on any atom is -0.306 e. The molecule has 160 valence electrons. The Morgan fingerprint density at radius 2 is 1.53 bits per heavy atom. The zero-order valence-electron chi connectivity index (χ0n) is 17.2. The van der Waals surface area contributed by atoms with Gasteiger partial charge in [-0.2, -0.15) is 15.3 Å². The molecule has 2 N–H and O–H groups in total. The summed E-state index contributed by atoms with van der Waals surface area (Å²) in [6.07, 6.45) is 2.02. The Balaban J connectivity index is 1.75. The van der Waals surface area contributed by atoms with Crippen molar-refractivity contribution in [2.45, 2.75) is 33.2 Å². The van der Waals surface area contributed by atoms with E-state index in [1.807, 2.05) is 6.92 Å². The van der Waals surface area contributed by atoms with Gasteiger partial charge in [-0.3, -0.25) is 23.6 Å². The Morgan fingerprint density at radius 3 is 2.00 bits per heavy atom. The van der Waals surface area contributed by atoms with E-state index in [0.29, 0.717) is 16.5 Å². The van der Waals surface area contributed by atoms with E-state index in [4.69, 9.17) is 23.2 Å². The molecule has 0 aliphatic heterocycles. The third-order valence-electron chi connectivity index (χ3n) is 4.85. The molecule has 0 saturated heterocycles. The van der Waals surface area contributed by atoms with Gasteiger partial charge in [0, 0.05) is 20.3 Å². The number of nitrogens with one attached hydrogen (secondary N) is 2. The molecular formula is C18H22Cl2N8O2. The molecule has 0 aliphatic rings. The highest BCUT2D eigenvalue weighted by molar-refractivity contribution is 6.34. The maximum atomic E-state index is 12.8. The molecule has 0 unspecified atom stereocenters. The summed E-state index contributed by atoms with van der Waals surface area (Å²) in [5, 5.41) is 18.7. The topological polar surface area (TPSA) is 112 Å². The van der Waals surface area contributed by atoms with Gasteiger partial charge in [0.1, 0.15) is 16.1 Å². The molecule has 3 rings (SSSR count). The predicted molar refractivity (Wildman–Crippen MR) is 114 cm³/mol. The van der Waals surface area contributed by atoms with E-state index in [2.05, 4.69) is 25.9 Å². The molecule has 12 heteroatoms. The fraction of sp³-hybridized carbons (Fsp3) is 0.389. The van der Waals surface area contributed by atoms with Crippen molar-refractivity contribution in [1.82, 2.24) is 29.3 Å². The molecule has 2 amide bonds. The third-order valence-corrected chi connectivity index (χ3v) is 5.75. The number of carbonyl (C=O) groups is 2. The molecule has 0 aliphatic carbocycles. The van der Waals surface area contributed by atoms with Gasteiger partial charge >= 0.3 is 0 Å². The summed E-state index contributed by atoms with van der Waals surface area (Å²) >= 11 is 12.4. The molecule has 0 spiro atoms. The highest BCUT2D eigenvalue weighted by Gasteiger charge is 2.24. The number of carbonyl (C=O) groups excluding carboxylic acids is 2. The zero-order valence-corrected chi connectivity index (χ0v) is 18.7. The Bertz CT molecular complexity index is 1110. The molecule has 0 aromatic carbocycles. The summed E-state index contributed by atoms with van der Waals surface area (Å²) in [6.45, 7) is 5.43. The number of amides is 2. The number of anilines is 2. The van der Waals surface area contributed by atoms with Crippen LogP contribution in [0.15, 0.2) is 12.3 Å². The van der Waals surface area contributed by atoms with Crippen LogP contribution in [0.25, 0.3) is 0 Å². The number of hydrogen-bond acceptors (Lipinski definition) is 5. The normalized spacial score (nSPS) is 12.1. The highest BCUT2D eigenvalue weighted by atomic mass is 35.5. The number of aryl methyl sites for hydroxylation is 2. The summed E-state index contributed by atoms with van der Waals surface area (Å²) in [5.41, 5.74) is 1.59. The Morgan fingerprint density at radius 1 is 1.00 bits per heavy atom. The minimum absolute atomic E-state index is 0.132. The van der Waals surface area contributed by atoms with Crippen molar-refractivity contribution in [2.24, 2.45) is 14.1 Å². The van der Waals surface area contributed by atoms with Crippen molar-refractivity contribution >= 4 is 46.7 Å². The number of hydrogen-bond donors (Lipinski definition) is 2. The van der Waals surface area contributed by atoms with Crippen molar-refractivity contribution in [3.05, 3.63) is 39.4 Å². The fourth-order valence-electron chi connectivity index (χ4n) is 2.82. The minimum atomic E-state index is -0.648. The van der Waals surface area contributed by atoms with E-state index in [0.717, 1.165) is 11.4 Å². The summed E-state index contributed by atoms with van der Waals surface area (Å²) in [5.74, 6) is -0.282. The molecule has 3 heterocycles. The summed E-state index contributed by atoms with van der Waals surface area (Å²) < 4.78 is 4.58. The molecule has 0 radical (unpaired) electrons. The Labute approximate surface area is 183 Å². The van der Waals surface area contributed by atoms with E-state index in [9.17, 15) is 9.59 Å². The van der Waals surface area contributed by atoms with Gasteiger partial charge < -0.3 is 10.6 Å². The lowest BCUT2D eigenvalue weighted by Crippen LogP contribution is -2.27. The smallest absolute Gasteiger partial charge is 0.277 e. The first kappa shape index (κ1) is 21.8. The van der Waals surface area contributed by atoms with Crippen LogP contribution < -0.4 is 10.6 Å². The molecule has 0 fully saturated rings. The first-order chi connectivity index (χ1) is 14.1. The second-order valence-electron chi connectivity index (χ2n) is 6.79. The van der Waals surface area contributed by atoms with Gasteiger partial charge in [-0.1, -0.05) is 30.1 Å². The SMILES string of the molecule is CC[C@@H](C(=O)Nc1nn(C)c(C)c1Cl)n1ccc(C(=O)Nc2nn(C)c(C)c2Cl)n1. The molecule has 30 heavy (non-hydrogen) atoms. The van der Waals surface area contributed by atoms with Gasteiger partial charge in [-0.25, -0.2) is 0 Å². The van der Waals surface area contributed by atoms with Crippen molar-refractivity contribution in [2.75, 3.05) is 10.6 Å². The van der Waals surface area contributed by atoms with Crippen LogP contribution in [0.4, 0.5) is 11.6 Å². The molecule has 3 aromatic rings. The molecule has 1 atom stereocenters. The van der Waals surface area contributed by atoms with Gasteiger partial charge in [-0.15, -0.1) is 0 Å². The van der Waals surface area contributed by atoms with Crippen LogP contribution in [0.2, 0.25) is 10.0 Å². The lowest BCUT2D eigenvalue weighted by molar-refractivity contribution is -0.119. The predicted octanol–water partition coefficient (Wildman–Crippen LogP) is 3.12. The van der Waals surface area contributed by atoms with Crippen LogP contribution in [0.5, 0.6) is 0 Å². The van der Waals surface area contributed by atoms with Crippen LogP contribution in [0.3, 0.4) is 0 Å². The van der Waals surface area contributed by atoms with Crippen LogP contribution >= 0.6 is 23.2 Å². The van der Waals surface area contributed by atoms with Crippen LogP contribution in [-0.2, 0) is 18.9 Å². The molecule has 3 aromatic heterocycles. The van der Waals surface area contributed by atoms with Crippen molar-refractivity contribution in [3.8, 4) is 0 Å². The quantitative estimate of drug-likeness (QED) is 0.596. The van der Waals surface area contributed by atoms with Crippen LogP contribution in [0.1, 0.15) is 41.3 Å². The van der Waals surface area contributed by atoms with Crippen molar-refractivity contribution in [1.29, 1.82) is 0 Å². The Hall–Kier alpha value is -2.85. The first-order valence-corrected chi connectivity index (χ1v) is 9.95. The summed E-state index contributed by atoms with van der Waals surface area (Å²) in [4.78, 5) is 25.3.